The van der Waals surface area contributed by atoms with Crippen molar-refractivity contribution in [2.45, 2.75) is 13.0 Å². The van der Waals surface area contributed by atoms with Gasteiger partial charge in [-0.05, 0) is 24.3 Å². The maximum atomic E-state index is 12.3. The molecule has 0 aliphatic carbocycles. The Morgan fingerprint density at radius 1 is 1.00 bits per heavy atom. The van der Waals surface area contributed by atoms with Crippen molar-refractivity contribution >= 4 is 10.9 Å². The van der Waals surface area contributed by atoms with Crippen molar-refractivity contribution in [3.8, 4) is 0 Å². The fourth-order valence-electron chi connectivity index (χ4n) is 2.05. The topological polar surface area (TPSA) is 47.8 Å². The number of nitrogens with zero attached hydrogens (tertiary/aromatic N) is 3. The van der Waals surface area contributed by atoms with E-state index in [-0.39, 0.29) is 5.56 Å². The van der Waals surface area contributed by atoms with Crippen molar-refractivity contribution in [2.24, 2.45) is 0 Å². The molecule has 0 bridgehead atoms. The molecule has 4 nitrogen and oxygen atoms in total. The monoisotopic (exact) mass is 251 g/mol. The normalized spacial score (nSPS) is 10.7. The van der Waals surface area contributed by atoms with E-state index >= 15 is 0 Å². The van der Waals surface area contributed by atoms with Crippen LogP contribution in [0.25, 0.3) is 10.9 Å². The van der Waals surface area contributed by atoms with Gasteiger partial charge in [0.1, 0.15) is 0 Å². The number of rotatable bonds is 3. The quantitative estimate of drug-likeness (QED) is 0.715. The van der Waals surface area contributed by atoms with E-state index in [0.717, 1.165) is 17.6 Å². The number of para-hydroxylation sites is 1. The van der Waals surface area contributed by atoms with Gasteiger partial charge in [0.25, 0.3) is 5.56 Å². The van der Waals surface area contributed by atoms with Crippen molar-refractivity contribution in [1.82, 2.24) is 14.5 Å². The molecular formula is C15H13N3O. The molecule has 0 aliphatic rings. The molecule has 2 heterocycles. The van der Waals surface area contributed by atoms with Crippen LogP contribution >= 0.6 is 0 Å². The second-order valence-electron chi connectivity index (χ2n) is 4.33. The summed E-state index contributed by atoms with van der Waals surface area (Å²) in [4.78, 5) is 20.8. The summed E-state index contributed by atoms with van der Waals surface area (Å²) in [6.45, 7) is 0.591. The SMILES string of the molecule is O=c1c2ccccc2ncn1CCc1ccccn1. The molecule has 0 atom stereocenters. The van der Waals surface area contributed by atoms with Gasteiger partial charge in [0, 0.05) is 24.9 Å². The van der Waals surface area contributed by atoms with E-state index in [1.807, 2.05) is 42.5 Å². The zero-order valence-electron chi connectivity index (χ0n) is 10.4. The molecule has 4 heteroatoms. The molecule has 0 saturated carbocycles. The van der Waals surface area contributed by atoms with Gasteiger partial charge in [-0.2, -0.15) is 0 Å². The Morgan fingerprint density at radius 2 is 1.84 bits per heavy atom. The molecule has 1 aromatic carbocycles. The van der Waals surface area contributed by atoms with Crippen molar-refractivity contribution in [3.63, 3.8) is 0 Å². The zero-order chi connectivity index (χ0) is 13.1. The van der Waals surface area contributed by atoms with Crippen LogP contribution in [-0.4, -0.2) is 14.5 Å². The molecule has 3 rings (SSSR count). The van der Waals surface area contributed by atoms with Crippen LogP contribution in [0.4, 0.5) is 0 Å². The predicted octanol–water partition coefficient (Wildman–Crippen LogP) is 2.03. The molecule has 19 heavy (non-hydrogen) atoms. The van der Waals surface area contributed by atoms with Gasteiger partial charge in [-0.3, -0.25) is 14.3 Å². The van der Waals surface area contributed by atoms with E-state index in [0.29, 0.717) is 11.9 Å². The van der Waals surface area contributed by atoms with E-state index < -0.39 is 0 Å². The molecule has 0 amide bonds. The molecule has 0 unspecified atom stereocenters. The zero-order valence-corrected chi connectivity index (χ0v) is 10.4. The van der Waals surface area contributed by atoms with Gasteiger partial charge in [-0.15, -0.1) is 0 Å². The standard InChI is InChI=1S/C15H13N3O/c19-15-13-6-1-2-7-14(13)17-11-18(15)10-8-12-5-3-4-9-16-12/h1-7,9,11H,8,10H2. The molecule has 2 aromatic heterocycles. The number of aromatic nitrogens is 3. The molecular weight excluding hydrogens is 238 g/mol. The summed E-state index contributed by atoms with van der Waals surface area (Å²) in [6.07, 6.45) is 4.09. The van der Waals surface area contributed by atoms with Crippen molar-refractivity contribution in [3.05, 3.63) is 71.0 Å². The number of benzene rings is 1. The van der Waals surface area contributed by atoms with Gasteiger partial charge in [0.2, 0.25) is 0 Å². The average molecular weight is 251 g/mol. The smallest absolute Gasteiger partial charge is 0.261 e. The second kappa shape index (κ2) is 5.02. The summed E-state index contributed by atoms with van der Waals surface area (Å²) >= 11 is 0. The van der Waals surface area contributed by atoms with E-state index in [1.165, 1.54) is 0 Å². The van der Waals surface area contributed by atoms with Gasteiger partial charge in [0.15, 0.2) is 0 Å². The lowest BCUT2D eigenvalue weighted by molar-refractivity contribution is 0.654. The Labute approximate surface area is 110 Å². The van der Waals surface area contributed by atoms with Crippen molar-refractivity contribution in [1.29, 1.82) is 0 Å². The van der Waals surface area contributed by atoms with Crippen LogP contribution < -0.4 is 5.56 Å². The molecule has 0 saturated heterocycles. The second-order valence-corrected chi connectivity index (χ2v) is 4.33. The van der Waals surface area contributed by atoms with Crippen molar-refractivity contribution < 1.29 is 0 Å². The van der Waals surface area contributed by atoms with Gasteiger partial charge in [-0.1, -0.05) is 18.2 Å². The number of fused-ring (bicyclic) bond motifs is 1. The summed E-state index contributed by atoms with van der Waals surface area (Å²) < 4.78 is 1.64. The van der Waals surface area contributed by atoms with Gasteiger partial charge >= 0.3 is 0 Å². The lowest BCUT2D eigenvalue weighted by Gasteiger charge is -2.06. The number of aryl methyl sites for hydroxylation is 2. The lowest BCUT2D eigenvalue weighted by atomic mass is 10.2. The highest BCUT2D eigenvalue weighted by molar-refractivity contribution is 5.76. The summed E-state index contributed by atoms with van der Waals surface area (Å²) in [5.74, 6) is 0. The fraction of sp³-hybridized carbons (Fsp3) is 0.133. The summed E-state index contributed by atoms with van der Waals surface area (Å²) in [7, 11) is 0. The molecule has 0 spiro atoms. The minimum absolute atomic E-state index is 0.00142. The van der Waals surface area contributed by atoms with Crippen LogP contribution in [0.2, 0.25) is 0 Å². The third-order valence-electron chi connectivity index (χ3n) is 3.07. The summed E-state index contributed by atoms with van der Waals surface area (Å²) in [5.41, 5.74) is 1.71. The first-order valence-corrected chi connectivity index (χ1v) is 6.19. The molecule has 0 fully saturated rings. The Kier molecular flexibility index (Phi) is 3.06. The largest absolute Gasteiger partial charge is 0.298 e. The molecule has 0 radical (unpaired) electrons. The lowest BCUT2D eigenvalue weighted by Crippen LogP contribution is -2.21. The molecule has 3 aromatic rings. The van der Waals surface area contributed by atoms with E-state index in [2.05, 4.69) is 9.97 Å². The van der Waals surface area contributed by atoms with Crippen LogP contribution in [0, 0.1) is 0 Å². The Balaban J connectivity index is 1.90. The Hall–Kier alpha value is -2.49. The third kappa shape index (κ3) is 2.38. The van der Waals surface area contributed by atoms with Crippen LogP contribution in [-0.2, 0) is 13.0 Å². The number of hydrogen-bond acceptors (Lipinski definition) is 3. The number of hydrogen-bond donors (Lipinski definition) is 0. The maximum absolute atomic E-state index is 12.3. The Bertz CT molecular complexity index is 750. The molecule has 0 aliphatic heterocycles. The highest BCUT2D eigenvalue weighted by Crippen LogP contribution is 2.05. The van der Waals surface area contributed by atoms with E-state index in [4.69, 9.17) is 0 Å². The average Bonchev–Trinajstić information content (AvgIpc) is 2.48. The highest BCUT2D eigenvalue weighted by atomic mass is 16.1. The minimum Gasteiger partial charge on any atom is -0.298 e. The van der Waals surface area contributed by atoms with E-state index in [9.17, 15) is 4.79 Å². The summed E-state index contributed by atoms with van der Waals surface area (Å²) in [5, 5.41) is 0.658. The van der Waals surface area contributed by atoms with E-state index in [1.54, 1.807) is 17.1 Å². The first-order valence-electron chi connectivity index (χ1n) is 6.19. The predicted molar refractivity (Wildman–Crippen MR) is 73.9 cm³/mol. The van der Waals surface area contributed by atoms with Crippen molar-refractivity contribution in [2.75, 3.05) is 0 Å². The first kappa shape index (κ1) is 11.6. The van der Waals surface area contributed by atoms with Gasteiger partial charge < -0.3 is 0 Å². The fourth-order valence-corrected chi connectivity index (χ4v) is 2.05. The minimum atomic E-state index is 0.00142. The molecule has 0 N–H and O–H groups in total. The van der Waals surface area contributed by atoms with Gasteiger partial charge in [0.05, 0.1) is 17.2 Å². The molecule has 94 valence electrons. The Morgan fingerprint density at radius 3 is 2.68 bits per heavy atom. The van der Waals surface area contributed by atoms with Gasteiger partial charge in [-0.25, -0.2) is 4.98 Å². The third-order valence-corrected chi connectivity index (χ3v) is 3.07. The van der Waals surface area contributed by atoms with Crippen LogP contribution in [0.5, 0.6) is 0 Å². The summed E-state index contributed by atoms with van der Waals surface area (Å²) in [6, 6.07) is 13.2. The highest BCUT2D eigenvalue weighted by Gasteiger charge is 2.03. The first-order chi connectivity index (χ1) is 9.34. The number of pyridine rings is 1. The van der Waals surface area contributed by atoms with Crippen LogP contribution in [0.1, 0.15) is 5.69 Å². The maximum Gasteiger partial charge on any atom is 0.261 e. The van der Waals surface area contributed by atoms with Crippen LogP contribution in [0.3, 0.4) is 0 Å². The van der Waals surface area contributed by atoms with Crippen LogP contribution in [0.15, 0.2) is 59.8 Å².